The quantitative estimate of drug-likeness (QED) is 0.0250. The third-order valence-electron chi connectivity index (χ3n) is 14.1. The Labute approximate surface area is 442 Å². The SMILES string of the molecule is CC(C)C[C@H](NC(=O)[C@H](CCc1ccccc1)CC(=O)C[N+]1(Cc2ccc(OC(=O)C(C)C)c(C(=O)NCC3=CN(C)NN3)c2)CCOCC1)C(=O)C[C@@H](Cc1ccccc1)C(=O)N[C@@H](CC(C)C)C(=O)[C@@]1(C)CO1. The molecule has 0 spiro atoms. The van der Waals surface area contributed by atoms with Crippen LogP contribution in [0.15, 0.2) is 90.8 Å². The van der Waals surface area contributed by atoms with Crippen LogP contribution < -0.4 is 31.6 Å². The van der Waals surface area contributed by atoms with E-state index in [0.29, 0.717) is 63.0 Å². The molecule has 3 aromatic carbocycles. The van der Waals surface area contributed by atoms with E-state index in [-0.39, 0.29) is 79.5 Å². The number of epoxide rings is 1. The molecule has 3 aliphatic rings. The summed E-state index contributed by atoms with van der Waals surface area (Å²) in [5.74, 6) is -4.23. The third-order valence-corrected chi connectivity index (χ3v) is 14.1. The molecule has 17 nitrogen and oxygen atoms in total. The topological polar surface area (TPSA) is 214 Å². The van der Waals surface area contributed by atoms with E-state index in [1.54, 1.807) is 44.1 Å². The first-order chi connectivity index (χ1) is 35.7. The Hall–Kier alpha value is -6.27. The van der Waals surface area contributed by atoms with Gasteiger partial charge in [-0.3, -0.25) is 38.6 Å². The lowest BCUT2D eigenvalue weighted by Crippen LogP contribution is -2.57. The van der Waals surface area contributed by atoms with Gasteiger partial charge in [0.1, 0.15) is 37.5 Å². The minimum Gasteiger partial charge on any atom is -0.425 e. The van der Waals surface area contributed by atoms with Crippen molar-refractivity contribution in [1.29, 1.82) is 0 Å². The largest absolute Gasteiger partial charge is 0.425 e. The van der Waals surface area contributed by atoms with Gasteiger partial charge >= 0.3 is 5.97 Å². The van der Waals surface area contributed by atoms with E-state index >= 15 is 0 Å². The van der Waals surface area contributed by atoms with Gasteiger partial charge in [0.2, 0.25) is 11.8 Å². The molecular formula is C58H80N7O10+. The number of ketones is 3. The van der Waals surface area contributed by atoms with E-state index in [9.17, 15) is 33.6 Å². The highest BCUT2D eigenvalue weighted by Gasteiger charge is 2.50. The van der Waals surface area contributed by atoms with Gasteiger partial charge in [-0.25, -0.2) is 0 Å². The third kappa shape index (κ3) is 17.7. The van der Waals surface area contributed by atoms with Crippen molar-refractivity contribution in [2.75, 3.05) is 53.0 Å². The molecule has 0 radical (unpaired) electrons. The lowest BCUT2D eigenvalue weighted by Gasteiger charge is -2.41. The Morgan fingerprint density at radius 1 is 0.773 bits per heavy atom. The molecule has 3 aromatic rings. The van der Waals surface area contributed by atoms with E-state index < -0.39 is 59.1 Å². The maximum Gasteiger partial charge on any atom is 0.313 e. The fourth-order valence-corrected chi connectivity index (χ4v) is 9.69. The van der Waals surface area contributed by atoms with Crippen molar-refractivity contribution in [3.8, 4) is 5.75 Å². The smallest absolute Gasteiger partial charge is 0.313 e. The number of hydrogen-bond acceptors (Lipinski definition) is 13. The molecule has 5 atom stereocenters. The standard InChI is InChI=1S/C58H79N7O10/c1-38(2)27-49(51(67)32-45(29-42-17-13-10-14-18-42)55(70)61-50(28-39(3)4)53(68)58(7)37-74-58)60-54(69)44(21-19-41-15-11-9-12-16-41)31-47(66)36-65(23-25-73-26-24-65)35-43-20-22-52(75-57(72)40(5)6)48(30-43)56(71)59-33-46-34-64(8)63-62-46/h9-18,20,22,30,34,38-40,44-45,49-50,62-63H,19,21,23-29,31-33,35-37H2,1-8H3,(H2-,59,60,61,69,70,71)/p+1/t44-,45-,49+,50+,58-/m1/s1. The minimum absolute atomic E-state index is 0.00742. The number of ether oxygens (including phenoxy) is 3. The van der Waals surface area contributed by atoms with Gasteiger partial charge in [0.15, 0.2) is 17.3 Å². The number of amides is 3. The van der Waals surface area contributed by atoms with E-state index in [1.807, 2.05) is 101 Å². The Bertz CT molecular complexity index is 2490. The number of Topliss-reactive ketones (excluding diaryl/α,β-unsaturated/α-hetero) is 3. The number of nitrogens with one attached hydrogen (secondary N) is 5. The summed E-state index contributed by atoms with van der Waals surface area (Å²) in [7, 11) is 1.81. The second-order valence-corrected chi connectivity index (χ2v) is 22.1. The Balaban J connectivity index is 1.22. The lowest BCUT2D eigenvalue weighted by molar-refractivity contribution is -0.940. The van der Waals surface area contributed by atoms with Crippen LogP contribution in [0.1, 0.15) is 108 Å². The zero-order valence-corrected chi connectivity index (χ0v) is 45.2. The number of carbonyl (C=O) groups excluding carboxylic acids is 7. The number of hydrazine groups is 2. The Kier molecular flexibility index (Phi) is 20.9. The Morgan fingerprint density at radius 3 is 1.99 bits per heavy atom. The second-order valence-electron chi connectivity index (χ2n) is 22.1. The van der Waals surface area contributed by atoms with Crippen LogP contribution in [-0.2, 0) is 57.6 Å². The predicted molar refractivity (Wildman–Crippen MR) is 284 cm³/mol. The van der Waals surface area contributed by atoms with Crippen molar-refractivity contribution < 1.29 is 52.3 Å². The summed E-state index contributed by atoms with van der Waals surface area (Å²) in [5, 5.41) is 10.7. The molecule has 0 unspecified atom stereocenters. The molecule has 0 aromatic heterocycles. The van der Waals surface area contributed by atoms with Crippen LogP contribution in [0.4, 0.5) is 0 Å². The van der Waals surface area contributed by atoms with Crippen LogP contribution in [0, 0.1) is 29.6 Å². The number of hydrogen-bond donors (Lipinski definition) is 5. The van der Waals surface area contributed by atoms with Gasteiger partial charge in [0.25, 0.3) is 5.91 Å². The molecule has 0 bridgehead atoms. The highest BCUT2D eigenvalue weighted by atomic mass is 16.6. The number of aryl methyl sites for hydroxylation is 1. The van der Waals surface area contributed by atoms with Crippen molar-refractivity contribution in [2.45, 2.75) is 118 Å². The highest BCUT2D eigenvalue weighted by Crippen LogP contribution is 2.31. The van der Waals surface area contributed by atoms with Gasteiger partial charge < -0.3 is 40.1 Å². The van der Waals surface area contributed by atoms with Crippen LogP contribution in [0.5, 0.6) is 5.75 Å². The zero-order valence-electron chi connectivity index (χ0n) is 45.2. The van der Waals surface area contributed by atoms with Gasteiger partial charge in [0.05, 0.1) is 55.6 Å². The van der Waals surface area contributed by atoms with Crippen LogP contribution in [0.3, 0.4) is 0 Å². The molecule has 0 aliphatic carbocycles. The summed E-state index contributed by atoms with van der Waals surface area (Å²) in [6, 6.07) is 22.6. The number of rotatable bonds is 29. The molecule has 3 amide bonds. The minimum atomic E-state index is -0.948. The van der Waals surface area contributed by atoms with Crippen molar-refractivity contribution in [3.63, 3.8) is 0 Å². The molecule has 3 aliphatic heterocycles. The monoisotopic (exact) mass is 1030 g/mol. The molecule has 5 N–H and O–H groups in total. The van der Waals surface area contributed by atoms with E-state index in [1.165, 1.54) is 0 Å². The highest BCUT2D eigenvalue weighted by molar-refractivity contribution is 5.99. The summed E-state index contributed by atoms with van der Waals surface area (Å²) in [4.78, 5) is 98.5. The van der Waals surface area contributed by atoms with E-state index in [0.717, 1.165) is 22.4 Å². The van der Waals surface area contributed by atoms with Crippen LogP contribution >= 0.6 is 0 Å². The maximum atomic E-state index is 14.7. The number of benzene rings is 3. The van der Waals surface area contributed by atoms with Crippen molar-refractivity contribution in [3.05, 3.63) is 113 Å². The zero-order chi connectivity index (χ0) is 54.3. The van der Waals surface area contributed by atoms with E-state index in [2.05, 4.69) is 26.9 Å². The molecule has 406 valence electrons. The van der Waals surface area contributed by atoms with Gasteiger partial charge in [-0.15, -0.1) is 5.53 Å². The van der Waals surface area contributed by atoms with Gasteiger partial charge in [-0.2, -0.15) is 0 Å². The first kappa shape index (κ1) is 58.0. The molecule has 0 saturated carbocycles. The average Bonchev–Trinajstić information content (AvgIpc) is 3.99. The second kappa shape index (κ2) is 27.0. The molecular weight excluding hydrogens is 955 g/mol. The lowest BCUT2D eigenvalue weighted by atomic mass is 9.87. The average molecular weight is 1040 g/mol. The number of carbonyl (C=O) groups is 7. The molecule has 17 heteroatoms. The molecule has 3 heterocycles. The first-order valence-electron chi connectivity index (χ1n) is 26.6. The first-order valence-corrected chi connectivity index (χ1v) is 26.6. The van der Waals surface area contributed by atoms with Crippen molar-refractivity contribution in [2.24, 2.45) is 29.6 Å². The van der Waals surface area contributed by atoms with Gasteiger partial charge in [-0.05, 0) is 80.2 Å². The summed E-state index contributed by atoms with van der Waals surface area (Å²) >= 11 is 0. The fourth-order valence-electron chi connectivity index (χ4n) is 9.69. The van der Waals surface area contributed by atoms with Crippen LogP contribution in [-0.4, -0.2) is 121 Å². The molecule has 6 rings (SSSR count). The number of nitrogens with zero attached hydrogens (tertiary/aromatic N) is 2. The summed E-state index contributed by atoms with van der Waals surface area (Å²) < 4.78 is 17.3. The Morgan fingerprint density at radius 2 is 1.39 bits per heavy atom. The fraction of sp³-hybridized carbons (Fsp3) is 0.534. The maximum absolute atomic E-state index is 14.7. The molecule has 2 saturated heterocycles. The van der Waals surface area contributed by atoms with Gasteiger partial charge in [0, 0.05) is 43.5 Å². The summed E-state index contributed by atoms with van der Waals surface area (Å²) in [5.41, 5.74) is 8.46. The molecule has 2 fully saturated rings. The number of quaternary nitrogens is 1. The summed E-state index contributed by atoms with van der Waals surface area (Å²) in [6.07, 6.45) is 3.36. The van der Waals surface area contributed by atoms with Crippen LogP contribution in [0.2, 0.25) is 0 Å². The van der Waals surface area contributed by atoms with Crippen LogP contribution in [0.25, 0.3) is 0 Å². The number of morpholine rings is 1. The van der Waals surface area contributed by atoms with E-state index in [4.69, 9.17) is 14.2 Å². The number of esters is 1. The molecule has 75 heavy (non-hydrogen) atoms. The normalized spacial score (nSPS) is 18.5. The van der Waals surface area contributed by atoms with Crippen molar-refractivity contribution >= 4 is 41.0 Å². The summed E-state index contributed by atoms with van der Waals surface area (Å²) in [6.45, 7) is 15.8. The predicted octanol–water partition coefficient (Wildman–Crippen LogP) is 5.57. The van der Waals surface area contributed by atoms with Gasteiger partial charge in [-0.1, -0.05) is 102 Å². The van der Waals surface area contributed by atoms with Crippen molar-refractivity contribution in [1.82, 2.24) is 31.9 Å².